The van der Waals surface area contributed by atoms with E-state index < -0.39 is 7.82 Å². The number of hydrogen-bond acceptors (Lipinski definition) is 2. The van der Waals surface area contributed by atoms with Gasteiger partial charge in [-0.15, -0.1) is 0 Å². The third-order valence-electron chi connectivity index (χ3n) is 0. The van der Waals surface area contributed by atoms with Crippen LogP contribution in [0.1, 0.15) is 0 Å². The quantitative estimate of drug-likeness (QED) is 0.359. The van der Waals surface area contributed by atoms with Gasteiger partial charge in [-0.05, 0) is 0 Å². The standard InChI is InChI=1S/H2N.H3O4P.Zr/c;1-5(2,3)4;/h1H2;(H3,1,2,3,4);/q-1;;+1. The summed E-state index contributed by atoms with van der Waals surface area (Å²) in [6.07, 6.45) is 0. The van der Waals surface area contributed by atoms with E-state index in [1.165, 1.54) is 0 Å². The van der Waals surface area contributed by atoms with E-state index in [9.17, 15) is 0 Å². The summed E-state index contributed by atoms with van der Waals surface area (Å²) in [4.78, 5) is 21.6. The molecule has 7 heavy (non-hydrogen) atoms. The maximum atomic E-state index is 8.88. The number of hydrogen-bond donors (Lipinski definition) is 4. The predicted molar refractivity (Wildman–Crippen MR) is 18.5 cm³/mol. The molecule has 0 rings (SSSR count). The molecule has 0 heterocycles. The topological polar surface area (TPSA) is 104 Å². The van der Waals surface area contributed by atoms with Crippen LogP contribution in [0.15, 0.2) is 0 Å². The van der Waals surface area contributed by atoms with Crippen LogP contribution in [0.5, 0.6) is 0 Å². The molecule has 0 radical (unpaired) electrons. The molecule has 0 spiro atoms. The number of nitrogens with two attached hydrogens (primary N) is 1. The van der Waals surface area contributed by atoms with Crippen LogP contribution < -0.4 is 3.68 Å². The van der Waals surface area contributed by atoms with Crippen LogP contribution in [0.25, 0.3) is 0 Å². The fraction of sp³-hybridized carbons (Fsp3) is 0. The first-order valence-electron chi connectivity index (χ1n) is 1.07. The third-order valence-corrected chi connectivity index (χ3v) is 0. The molecule has 0 saturated heterocycles. The van der Waals surface area contributed by atoms with Crippen molar-refractivity contribution in [2.24, 2.45) is 3.68 Å². The second-order valence-corrected chi connectivity index (χ2v) is 1.54. The average molecular weight is 205 g/mol. The molecule has 0 atom stereocenters. The second-order valence-electron chi connectivity index (χ2n) is 0.513. The van der Waals surface area contributed by atoms with Crippen molar-refractivity contribution in [3.05, 3.63) is 0 Å². The van der Waals surface area contributed by atoms with Crippen LogP contribution in [0.3, 0.4) is 0 Å². The Morgan fingerprint density at radius 1 is 1.29 bits per heavy atom. The van der Waals surface area contributed by atoms with Gasteiger partial charge in [0.1, 0.15) is 0 Å². The van der Waals surface area contributed by atoms with Gasteiger partial charge in [-0.1, -0.05) is 0 Å². The SMILES string of the molecule is O=P(O)(O)O.[NH2][Zr]. The molecule has 0 aromatic heterocycles. The summed E-state index contributed by atoms with van der Waals surface area (Å²) in [5.74, 6) is 0. The summed E-state index contributed by atoms with van der Waals surface area (Å²) in [5.41, 5.74) is 0. The van der Waals surface area contributed by atoms with Crippen LogP contribution in [-0.2, 0) is 29.6 Å². The van der Waals surface area contributed by atoms with Gasteiger partial charge in [-0.25, -0.2) is 4.57 Å². The molecule has 0 aromatic carbocycles. The Hall–Kier alpha value is 0.953. The van der Waals surface area contributed by atoms with E-state index in [1.54, 1.807) is 0 Å². The van der Waals surface area contributed by atoms with Gasteiger partial charge in [0.25, 0.3) is 0 Å². The predicted octanol–water partition coefficient (Wildman–Crippen LogP) is -1.52. The molecule has 0 saturated carbocycles. The van der Waals surface area contributed by atoms with Gasteiger partial charge >= 0.3 is 36.5 Å². The zero-order valence-corrected chi connectivity index (χ0v) is 6.63. The monoisotopic (exact) mass is 204 g/mol. The van der Waals surface area contributed by atoms with E-state index in [0.29, 0.717) is 0 Å². The van der Waals surface area contributed by atoms with Gasteiger partial charge in [0.2, 0.25) is 0 Å². The first kappa shape index (κ1) is 10.8. The van der Waals surface area contributed by atoms with E-state index in [-0.39, 0.29) is 0 Å². The maximum absolute atomic E-state index is 8.88. The van der Waals surface area contributed by atoms with E-state index in [2.05, 4.69) is 3.68 Å². The van der Waals surface area contributed by atoms with Crippen molar-refractivity contribution >= 4 is 7.82 Å². The van der Waals surface area contributed by atoms with Crippen LogP contribution >= 0.6 is 7.82 Å². The molecule has 5 nitrogen and oxygen atoms in total. The van der Waals surface area contributed by atoms with E-state index in [4.69, 9.17) is 19.2 Å². The van der Waals surface area contributed by atoms with Crippen LogP contribution in [0.2, 0.25) is 0 Å². The van der Waals surface area contributed by atoms with Gasteiger partial charge in [0.05, 0.1) is 0 Å². The van der Waals surface area contributed by atoms with E-state index in [0.717, 1.165) is 25.0 Å². The second kappa shape index (κ2) is 5.10. The minimum absolute atomic E-state index is 1.05. The molecular formula is H5NO4PZr. The van der Waals surface area contributed by atoms with Crippen LogP contribution in [0, 0.1) is 0 Å². The Balaban J connectivity index is 0. The molecule has 0 aromatic rings. The Labute approximate surface area is 56.0 Å². The van der Waals surface area contributed by atoms with Crippen molar-refractivity contribution < 1.29 is 44.3 Å². The van der Waals surface area contributed by atoms with Gasteiger partial charge in [0.15, 0.2) is 0 Å². The fourth-order valence-electron chi connectivity index (χ4n) is 0. The first-order valence-corrected chi connectivity index (χ1v) is 4.06. The summed E-state index contributed by atoms with van der Waals surface area (Å²) in [5, 5.41) is 0. The first-order chi connectivity index (χ1) is 3.00. The van der Waals surface area contributed by atoms with E-state index >= 15 is 0 Å². The van der Waals surface area contributed by atoms with Gasteiger partial charge in [0, 0.05) is 0 Å². The van der Waals surface area contributed by atoms with Gasteiger partial charge in [-0.2, -0.15) is 0 Å². The summed E-state index contributed by atoms with van der Waals surface area (Å²) in [6, 6.07) is 0. The van der Waals surface area contributed by atoms with Crippen molar-refractivity contribution in [2.75, 3.05) is 0 Å². The molecule has 7 heteroatoms. The normalized spacial score (nSPS) is 9.00. The van der Waals surface area contributed by atoms with Crippen molar-refractivity contribution in [1.29, 1.82) is 0 Å². The zero-order valence-electron chi connectivity index (χ0n) is 3.27. The molecule has 0 unspecified atom stereocenters. The molecule has 0 aliphatic heterocycles. The summed E-state index contributed by atoms with van der Waals surface area (Å²) in [6.45, 7) is 0. The molecule has 0 aliphatic carbocycles. The molecule has 0 aliphatic rings. The van der Waals surface area contributed by atoms with E-state index in [1.807, 2.05) is 0 Å². The average Bonchev–Trinajstić information content (AvgIpc) is 1.36. The zero-order chi connectivity index (χ0) is 6.50. The Morgan fingerprint density at radius 3 is 1.29 bits per heavy atom. The molecular weight excluding hydrogens is 200 g/mol. The Bertz CT molecular complexity index is 57.8. The van der Waals surface area contributed by atoms with Crippen molar-refractivity contribution in [1.82, 2.24) is 0 Å². The van der Waals surface area contributed by atoms with Crippen molar-refractivity contribution in [3.8, 4) is 0 Å². The minimum atomic E-state index is -4.64. The molecule has 0 amide bonds. The molecule has 0 bridgehead atoms. The van der Waals surface area contributed by atoms with Crippen molar-refractivity contribution in [3.63, 3.8) is 0 Å². The summed E-state index contributed by atoms with van der Waals surface area (Å²) < 4.78 is 13.5. The van der Waals surface area contributed by atoms with Gasteiger partial charge < -0.3 is 14.7 Å². The van der Waals surface area contributed by atoms with Crippen LogP contribution in [-0.4, -0.2) is 14.7 Å². The third kappa shape index (κ3) is 188. The number of rotatable bonds is 0. The Kier molecular flexibility index (Phi) is 7.90. The molecule has 5 N–H and O–H groups in total. The fourth-order valence-corrected chi connectivity index (χ4v) is 0. The molecule has 0 fully saturated rings. The van der Waals surface area contributed by atoms with Crippen molar-refractivity contribution in [2.45, 2.75) is 0 Å². The van der Waals surface area contributed by atoms with Crippen LogP contribution in [0.4, 0.5) is 0 Å². The van der Waals surface area contributed by atoms with Gasteiger partial charge in [-0.3, -0.25) is 0 Å². The summed E-state index contributed by atoms with van der Waals surface area (Å²) >= 11 is 1.05. The number of phosphoric acid groups is 1. The summed E-state index contributed by atoms with van der Waals surface area (Å²) in [7, 11) is -4.64. The Morgan fingerprint density at radius 2 is 1.29 bits per heavy atom. The molecule has 43 valence electrons.